The minimum atomic E-state index is -0.536. The van der Waals surface area contributed by atoms with Gasteiger partial charge >= 0.3 is 0 Å². The molecule has 0 radical (unpaired) electrons. The largest absolute Gasteiger partial charge is 0.289 e. The van der Waals surface area contributed by atoms with Gasteiger partial charge in [-0.1, -0.05) is 26.8 Å². The number of hydrogen-bond donors (Lipinski definition) is 0. The van der Waals surface area contributed by atoms with Crippen molar-refractivity contribution in [2.75, 3.05) is 6.54 Å². The van der Waals surface area contributed by atoms with Crippen LogP contribution < -0.4 is 0 Å². The molecule has 1 nitrogen and oxygen atoms in total. The summed E-state index contributed by atoms with van der Waals surface area (Å²) in [6, 6.07) is 3.65. The third kappa shape index (κ3) is 2.84. The van der Waals surface area contributed by atoms with E-state index in [0.29, 0.717) is 18.5 Å². The van der Waals surface area contributed by atoms with E-state index in [1.54, 1.807) is 0 Å². The number of halogens is 2. The second-order valence-electron chi connectivity index (χ2n) is 5.60. The van der Waals surface area contributed by atoms with E-state index < -0.39 is 11.6 Å². The van der Waals surface area contributed by atoms with Gasteiger partial charge in [-0.2, -0.15) is 0 Å². The lowest BCUT2D eigenvalue weighted by Crippen LogP contribution is -2.23. The van der Waals surface area contributed by atoms with Crippen LogP contribution in [0.25, 0.3) is 5.57 Å². The first kappa shape index (κ1) is 12.9. The molecule has 2 rings (SSSR count). The van der Waals surface area contributed by atoms with Gasteiger partial charge in [-0.25, -0.2) is 8.78 Å². The van der Waals surface area contributed by atoms with Gasteiger partial charge in [0.15, 0.2) is 0 Å². The van der Waals surface area contributed by atoms with Crippen LogP contribution in [0.2, 0.25) is 0 Å². The van der Waals surface area contributed by atoms with Crippen molar-refractivity contribution in [2.24, 2.45) is 10.4 Å². The standard InChI is InChI=1S/C15H17F2N/c1-15(2,3)14-8-10(4-5-18-14)11-6-12(16)9-13(17)7-11/h4,6-7,9H,5,8H2,1-3H3. The Morgan fingerprint density at radius 1 is 1.06 bits per heavy atom. The lowest BCUT2D eigenvalue weighted by Gasteiger charge is -2.25. The van der Waals surface area contributed by atoms with Crippen LogP contribution in [0.15, 0.2) is 29.3 Å². The molecule has 0 aliphatic carbocycles. The van der Waals surface area contributed by atoms with E-state index in [9.17, 15) is 8.78 Å². The minimum absolute atomic E-state index is 0.00855. The van der Waals surface area contributed by atoms with Gasteiger partial charge in [0.05, 0.1) is 6.54 Å². The lowest BCUT2D eigenvalue weighted by molar-refractivity contribution is 0.578. The summed E-state index contributed by atoms with van der Waals surface area (Å²) < 4.78 is 26.4. The minimum Gasteiger partial charge on any atom is -0.289 e. The number of allylic oxidation sites excluding steroid dienone is 1. The molecule has 0 N–H and O–H groups in total. The van der Waals surface area contributed by atoms with Crippen molar-refractivity contribution >= 4 is 11.3 Å². The van der Waals surface area contributed by atoms with Gasteiger partial charge in [-0.05, 0) is 23.3 Å². The first-order chi connectivity index (χ1) is 8.36. The molecular weight excluding hydrogens is 232 g/mol. The molecule has 0 atom stereocenters. The van der Waals surface area contributed by atoms with E-state index in [2.05, 4.69) is 25.8 Å². The Morgan fingerprint density at radius 2 is 1.67 bits per heavy atom. The Hall–Kier alpha value is -1.51. The molecule has 0 saturated carbocycles. The number of hydrogen-bond acceptors (Lipinski definition) is 1. The van der Waals surface area contributed by atoms with Crippen molar-refractivity contribution in [1.82, 2.24) is 0 Å². The molecule has 3 heteroatoms. The maximum Gasteiger partial charge on any atom is 0.126 e. The highest BCUT2D eigenvalue weighted by atomic mass is 19.1. The number of nitrogens with zero attached hydrogens (tertiary/aromatic N) is 1. The zero-order valence-corrected chi connectivity index (χ0v) is 10.9. The van der Waals surface area contributed by atoms with Crippen molar-refractivity contribution in [1.29, 1.82) is 0 Å². The van der Waals surface area contributed by atoms with Crippen molar-refractivity contribution in [3.05, 3.63) is 41.5 Å². The van der Waals surface area contributed by atoms with Gasteiger partial charge in [0.25, 0.3) is 0 Å². The fraction of sp³-hybridized carbons (Fsp3) is 0.400. The molecular formula is C15H17F2N. The Labute approximate surface area is 106 Å². The average molecular weight is 249 g/mol. The Morgan fingerprint density at radius 3 is 2.22 bits per heavy atom. The van der Waals surface area contributed by atoms with Crippen LogP contribution in [0, 0.1) is 17.0 Å². The van der Waals surface area contributed by atoms with E-state index in [1.165, 1.54) is 12.1 Å². The summed E-state index contributed by atoms with van der Waals surface area (Å²) in [6.07, 6.45) is 2.59. The highest BCUT2D eigenvalue weighted by molar-refractivity contribution is 5.98. The van der Waals surface area contributed by atoms with Crippen LogP contribution in [0.4, 0.5) is 8.78 Å². The molecule has 0 fully saturated rings. The van der Waals surface area contributed by atoms with Crippen LogP contribution >= 0.6 is 0 Å². The topological polar surface area (TPSA) is 12.4 Å². The number of dihydropyridines is 1. The molecule has 0 unspecified atom stereocenters. The summed E-state index contributed by atoms with van der Waals surface area (Å²) in [4.78, 5) is 4.47. The van der Waals surface area contributed by atoms with Gasteiger partial charge in [0.1, 0.15) is 11.6 Å². The van der Waals surface area contributed by atoms with E-state index >= 15 is 0 Å². The monoisotopic (exact) mass is 249 g/mol. The van der Waals surface area contributed by atoms with E-state index in [1.807, 2.05) is 6.08 Å². The van der Waals surface area contributed by atoms with E-state index in [-0.39, 0.29) is 5.41 Å². The maximum absolute atomic E-state index is 13.2. The van der Waals surface area contributed by atoms with Crippen molar-refractivity contribution in [3.63, 3.8) is 0 Å². The molecule has 0 bridgehead atoms. The maximum atomic E-state index is 13.2. The van der Waals surface area contributed by atoms with Crippen LogP contribution in [-0.2, 0) is 0 Å². The molecule has 1 aliphatic heterocycles. The molecule has 0 aromatic heterocycles. The smallest absolute Gasteiger partial charge is 0.126 e. The first-order valence-electron chi connectivity index (χ1n) is 6.05. The molecule has 1 aromatic rings. The molecule has 0 saturated heterocycles. The Kier molecular flexibility index (Phi) is 3.33. The molecule has 18 heavy (non-hydrogen) atoms. The number of aliphatic imine (C=N–C) groups is 1. The zero-order valence-electron chi connectivity index (χ0n) is 10.9. The average Bonchev–Trinajstić information content (AvgIpc) is 2.27. The molecule has 1 aliphatic rings. The van der Waals surface area contributed by atoms with Crippen LogP contribution in [0.5, 0.6) is 0 Å². The van der Waals surface area contributed by atoms with Gasteiger partial charge < -0.3 is 0 Å². The molecule has 1 aromatic carbocycles. The lowest BCUT2D eigenvalue weighted by atomic mass is 9.83. The van der Waals surface area contributed by atoms with E-state index in [0.717, 1.165) is 17.4 Å². The highest BCUT2D eigenvalue weighted by Crippen LogP contribution is 2.29. The number of benzene rings is 1. The third-order valence-corrected chi connectivity index (χ3v) is 3.08. The quantitative estimate of drug-likeness (QED) is 0.706. The van der Waals surface area contributed by atoms with Gasteiger partial charge in [0.2, 0.25) is 0 Å². The van der Waals surface area contributed by atoms with Crippen LogP contribution in [0.1, 0.15) is 32.8 Å². The van der Waals surface area contributed by atoms with Gasteiger partial charge in [-0.15, -0.1) is 0 Å². The summed E-state index contributed by atoms with van der Waals surface area (Å²) in [7, 11) is 0. The summed E-state index contributed by atoms with van der Waals surface area (Å²) in [6.45, 7) is 6.88. The van der Waals surface area contributed by atoms with Crippen molar-refractivity contribution < 1.29 is 8.78 Å². The predicted octanol–water partition coefficient (Wildman–Crippen LogP) is 4.24. The third-order valence-electron chi connectivity index (χ3n) is 3.08. The van der Waals surface area contributed by atoms with Crippen LogP contribution in [-0.4, -0.2) is 12.3 Å². The summed E-state index contributed by atoms with van der Waals surface area (Å²) in [5.74, 6) is -1.07. The second-order valence-corrected chi connectivity index (χ2v) is 5.60. The van der Waals surface area contributed by atoms with Gasteiger partial charge in [0, 0.05) is 23.6 Å². The second kappa shape index (κ2) is 4.63. The molecule has 0 amide bonds. The summed E-state index contributed by atoms with van der Waals surface area (Å²) >= 11 is 0. The number of rotatable bonds is 1. The fourth-order valence-corrected chi connectivity index (χ4v) is 2.04. The molecule has 96 valence electrons. The normalized spacial score (nSPS) is 16.3. The van der Waals surface area contributed by atoms with Crippen molar-refractivity contribution in [2.45, 2.75) is 27.2 Å². The zero-order chi connectivity index (χ0) is 13.3. The summed E-state index contributed by atoms with van der Waals surface area (Å²) in [5, 5.41) is 0. The van der Waals surface area contributed by atoms with Crippen LogP contribution in [0.3, 0.4) is 0 Å². The molecule has 0 spiro atoms. The van der Waals surface area contributed by atoms with E-state index in [4.69, 9.17) is 0 Å². The van der Waals surface area contributed by atoms with Crippen molar-refractivity contribution in [3.8, 4) is 0 Å². The fourth-order valence-electron chi connectivity index (χ4n) is 2.04. The predicted molar refractivity (Wildman–Crippen MR) is 70.7 cm³/mol. The summed E-state index contributed by atoms with van der Waals surface area (Å²) in [5.41, 5.74) is 2.63. The Bertz CT molecular complexity index is 502. The SMILES string of the molecule is CC(C)(C)C1=NCC=C(c2cc(F)cc(F)c2)C1. The Balaban J connectivity index is 2.28. The van der Waals surface area contributed by atoms with Gasteiger partial charge in [-0.3, -0.25) is 4.99 Å². The highest BCUT2D eigenvalue weighted by Gasteiger charge is 2.22. The molecule has 1 heterocycles. The first-order valence-corrected chi connectivity index (χ1v) is 6.05.